The highest BCUT2D eigenvalue weighted by Crippen LogP contribution is 2.33. The number of fused-ring (bicyclic) bond motifs is 1. The molecule has 0 aliphatic heterocycles. The summed E-state index contributed by atoms with van der Waals surface area (Å²) in [6, 6.07) is 11.5. The minimum atomic E-state index is -3.04. The Labute approximate surface area is 176 Å². The molecule has 9 heteroatoms. The van der Waals surface area contributed by atoms with E-state index in [-0.39, 0.29) is 35.1 Å². The Morgan fingerprint density at radius 3 is 2.71 bits per heavy atom. The number of hydrogen-bond donors (Lipinski definition) is 1. The topological polar surface area (TPSA) is 84.5 Å². The molecule has 0 saturated carbocycles. The van der Waals surface area contributed by atoms with Gasteiger partial charge in [0, 0.05) is 18.2 Å². The Bertz CT molecular complexity index is 1160. The van der Waals surface area contributed by atoms with E-state index in [1.54, 1.807) is 37.3 Å². The number of methoxy groups -OCH3 is 1. The maximum Gasteiger partial charge on any atom is 0.387 e. The summed E-state index contributed by atoms with van der Waals surface area (Å²) in [6.07, 6.45) is 2.62. The second kappa shape index (κ2) is 9.84. The van der Waals surface area contributed by atoms with Crippen molar-refractivity contribution in [3.63, 3.8) is 0 Å². The number of likely N-dealkylation sites (N-methyl/N-ethyl adjacent to an activating group) is 1. The highest BCUT2D eigenvalue weighted by molar-refractivity contribution is 5.92. The van der Waals surface area contributed by atoms with Crippen molar-refractivity contribution in [2.75, 3.05) is 13.7 Å². The van der Waals surface area contributed by atoms with Crippen LogP contribution in [0.25, 0.3) is 17.0 Å². The number of para-hydroxylation sites is 2. The van der Waals surface area contributed by atoms with E-state index < -0.39 is 6.61 Å². The summed E-state index contributed by atoms with van der Waals surface area (Å²) in [4.78, 5) is 33.5. The lowest BCUT2D eigenvalue weighted by Crippen LogP contribution is -2.30. The first-order valence-electron chi connectivity index (χ1n) is 9.49. The van der Waals surface area contributed by atoms with Gasteiger partial charge in [-0.3, -0.25) is 9.59 Å². The van der Waals surface area contributed by atoms with E-state index in [0.29, 0.717) is 23.3 Å². The number of nitrogens with one attached hydrogen (secondary N) is 1. The molecule has 0 unspecified atom stereocenters. The molecule has 7 nitrogen and oxygen atoms in total. The monoisotopic (exact) mass is 429 g/mol. The summed E-state index contributed by atoms with van der Waals surface area (Å²) >= 11 is 0. The van der Waals surface area contributed by atoms with Crippen molar-refractivity contribution in [3.05, 3.63) is 70.3 Å². The van der Waals surface area contributed by atoms with Gasteiger partial charge in [-0.2, -0.15) is 8.78 Å². The third-order valence-electron chi connectivity index (χ3n) is 4.54. The van der Waals surface area contributed by atoms with Gasteiger partial charge in [0.1, 0.15) is 5.82 Å². The van der Waals surface area contributed by atoms with Crippen molar-refractivity contribution >= 4 is 22.9 Å². The van der Waals surface area contributed by atoms with Crippen molar-refractivity contribution in [1.29, 1.82) is 0 Å². The van der Waals surface area contributed by atoms with Crippen LogP contribution in [0.5, 0.6) is 11.5 Å². The third-order valence-corrected chi connectivity index (χ3v) is 4.54. The van der Waals surface area contributed by atoms with Crippen LogP contribution in [0.1, 0.15) is 18.3 Å². The van der Waals surface area contributed by atoms with Crippen LogP contribution >= 0.6 is 0 Å². The molecule has 0 radical (unpaired) electrons. The van der Waals surface area contributed by atoms with Crippen molar-refractivity contribution < 1.29 is 23.0 Å². The van der Waals surface area contributed by atoms with Crippen LogP contribution in [0.3, 0.4) is 0 Å². The van der Waals surface area contributed by atoms with Crippen LogP contribution in [0.15, 0.2) is 53.3 Å². The molecule has 0 aliphatic carbocycles. The molecule has 1 heterocycles. The molecular weight excluding hydrogens is 408 g/mol. The molecule has 0 atom stereocenters. The number of alkyl halides is 2. The number of amides is 1. The molecule has 0 aliphatic rings. The third kappa shape index (κ3) is 5.25. The summed E-state index contributed by atoms with van der Waals surface area (Å²) in [5.74, 6) is -0.0765. The predicted molar refractivity (Wildman–Crippen MR) is 112 cm³/mol. The van der Waals surface area contributed by atoms with Gasteiger partial charge in [-0.25, -0.2) is 4.98 Å². The molecule has 0 saturated heterocycles. The number of rotatable bonds is 8. The molecule has 3 rings (SSSR count). The minimum Gasteiger partial charge on any atom is -0.493 e. The minimum absolute atomic E-state index is 0.0816. The van der Waals surface area contributed by atoms with E-state index >= 15 is 0 Å². The van der Waals surface area contributed by atoms with E-state index in [0.717, 1.165) is 0 Å². The first kappa shape index (κ1) is 21.9. The maximum atomic E-state index is 12.8. The van der Waals surface area contributed by atoms with Crippen LogP contribution in [0.4, 0.5) is 8.78 Å². The Kier molecular flexibility index (Phi) is 6.96. The molecule has 1 N–H and O–H groups in total. The molecule has 3 aromatic rings. The summed E-state index contributed by atoms with van der Waals surface area (Å²) in [5, 5.41) is 0.463. The summed E-state index contributed by atoms with van der Waals surface area (Å²) < 4.78 is 35.2. The summed E-state index contributed by atoms with van der Waals surface area (Å²) in [7, 11) is 1.34. The molecule has 162 valence electrons. The Morgan fingerprint density at radius 2 is 2.00 bits per heavy atom. The second-order valence-corrected chi connectivity index (χ2v) is 6.47. The normalized spacial score (nSPS) is 11.3. The molecule has 1 aromatic heterocycles. The standard InChI is InChI=1S/C22H21F2N3O4/c1-3-27(13-18-25-16-9-5-4-8-15(16)21(29)26-18)19(28)12-11-14-7-6-10-17(30-2)20(14)31-22(23)24/h4-12,22H,3,13H2,1-2H3,(H,25,26,29)/b12-11+. The average molecular weight is 429 g/mol. The number of H-pyrrole nitrogens is 1. The predicted octanol–water partition coefficient (Wildman–Crippen LogP) is 3.60. The maximum absolute atomic E-state index is 12.8. The van der Waals surface area contributed by atoms with Gasteiger partial charge in [-0.15, -0.1) is 0 Å². The van der Waals surface area contributed by atoms with Crippen molar-refractivity contribution in [3.8, 4) is 11.5 Å². The molecule has 0 bridgehead atoms. The summed E-state index contributed by atoms with van der Waals surface area (Å²) in [5.41, 5.74) is 0.511. The number of halogens is 2. The highest BCUT2D eigenvalue weighted by atomic mass is 19.3. The van der Waals surface area contributed by atoms with Crippen LogP contribution in [0.2, 0.25) is 0 Å². The van der Waals surface area contributed by atoms with Crippen molar-refractivity contribution in [2.45, 2.75) is 20.1 Å². The fraction of sp³-hybridized carbons (Fsp3) is 0.227. The van der Waals surface area contributed by atoms with Crippen LogP contribution in [-0.4, -0.2) is 41.0 Å². The zero-order valence-corrected chi connectivity index (χ0v) is 17.0. The SMILES string of the molecule is CCN(Cc1nc2ccccc2c(=O)[nH]1)C(=O)/C=C/c1cccc(OC)c1OC(F)F. The van der Waals surface area contributed by atoms with Gasteiger partial charge in [-0.1, -0.05) is 24.3 Å². The molecule has 0 spiro atoms. The Morgan fingerprint density at radius 1 is 1.23 bits per heavy atom. The first-order chi connectivity index (χ1) is 14.9. The number of aromatic nitrogens is 2. The number of ether oxygens (including phenoxy) is 2. The Balaban J connectivity index is 1.82. The van der Waals surface area contributed by atoms with Gasteiger partial charge >= 0.3 is 6.61 Å². The average Bonchev–Trinajstić information content (AvgIpc) is 2.76. The van der Waals surface area contributed by atoms with Gasteiger partial charge in [0.25, 0.3) is 5.56 Å². The zero-order valence-electron chi connectivity index (χ0n) is 17.0. The van der Waals surface area contributed by atoms with Gasteiger partial charge in [-0.05, 0) is 31.2 Å². The number of benzene rings is 2. The lowest BCUT2D eigenvalue weighted by molar-refractivity contribution is -0.126. The van der Waals surface area contributed by atoms with E-state index in [9.17, 15) is 18.4 Å². The van der Waals surface area contributed by atoms with E-state index in [4.69, 9.17) is 4.74 Å². The molecule has 31 heavy (non-hydrogen) atoms. The van der Waals surface area contributed by atoms with Crippen molar-refractivity contribution in [1.82, 2.24) is 14.9 Å². The number of carbonyl (C=O) groups excluding carboxylic acids is 1. The second-order valence-electron chi connectivity index (χ2n) is 6.47. The van der Waals surface area contributed by atoms with E-state index in [1.165, 1.54) is 36.3 Å². The summed E-state index contributed by atoms with van der Waals surface area (Å²) in [6.45, 7) is -0.833. The van der Waals surface area contributed by atoms with Gasteiger partial charge in [0.15, 0.2) is 11.5 Å². The molecule has 0 fully saturated rings. The molecule has 2 aromatic carbocycles. The van der Waals surface area contributed by atoms with Crippen LogP contribution in [0, 0.1) is 0 Å². The smallest absolute Gasteiger partial charge is 0.387 e. The number of aromatic amines is 1. The number of nitrogens with zero attached hydrogens (tertiary/aromatic N) is 2. The zero-order chi connectivity index (χ0) is 22.4. The number of hydrogen-bond acceptors (Lipinski definition) is 5. The van der Waals surface area contributed by atoms with E-state index in [2.05, 4.69) is 14.7 Å². The van der Waals surface area contributed by atoms with Gasteiger partial charge < -0.3 is 19.4 Å². The largest absolute Gasteiger partial charge is 0.493 e. The lowest BCUT2D eigenvalue weighted by atomic mass is 10.1. The fourth-order valence-corrected chi connectivity index (χ4v) is 3.04. The highest BCUT2D eigenvalue weighted by Gasteiger charge is 2.16. The Hall–Kier alpha value is -3.75. The van der Waals surface area contributed by atoms with Gasteiger partial charge in [0.05, 0.1) is 24.6 Å². The van der Waals surface area contributed by atoms with Gasteiger partial charge in [0.2, 0.25) is 5.91 Å². The first-order valence-corrected chi connectivity index (χ1v) is 9.49. The van der Waals surface area contributed by atoms with Crippen LogP contribution < -0.4 is 15.0 Å². The molecule has 1 amide bonds. The van der Waals surface area contributed by atoms with E-state index in [1.807, 2.05) is 0 Å². The lowest BCUT2D eigenvalue weighted by Gasteiger charge is -2.18. The number of carbonyl (C=O) groups is 1. The molecular formula is C22H21F2N3O4. The fourth-order valence-electron chi connectivity index (χ4n) is 3.04. The van der Waals surface area contributed by atoms with Crippen LogP contribution in [-0.2, 0) is 11.3 Å². The van der Waals surface area contributed by atoms with Crippen molar-refractivity contribution in [2.24, 2.45) is 0 Å². The quantitative estimate of drug-likeness (QED) is 0.553.